The van der Waals surface area contributed by atoms with E-state index in [1.54, 1.807) is 4.90 Å². The van der Waals surface area contributed by atoms with E-state index in [0.717, 1.165) is 58.7 Å². The molecule has 0 aliphatic carbocycles. The van der Waals surface area contributed by atoms with Crippen LogP contribution in [-0.4, -0.2) is 42.2 Å². The Morgan fingerprint density at radius 1 is 1.06 bits per heavy atom. The summed E-state index contributed by atoms with van der Waals surface area (Å²) in [6, 6.07) is 16.9. The van der Waals surface area contributed by atoms with Gasteiger partial charge in [0.05, 0.1) is 29.9 Å². The number of carbonyl (C=O) groups is 1. The van der Waals surface area contributed by atoms with Crippen LogP contribution in [0.4, 0.5) is 11.5 Å². The van der Waals surface area contributed by atoms with E-state index in [9.17, 15) is 9.90 Å². The van der Waals surface area contributed by atoms with Crippen molar-refractivity contribution in [2.45, 2.75) is 58.9 Å². The fourth-order valence-electron chi connectivity index (χ4n) is 5.14. The molecule has 1 fully saturated rings. The maximum absolute atomic E-state index is 13.9. The van der Waals surface area contributed by atoms with Gasteiger partial charge in [0, 0.05) is 19.2 Å². The minimum Gasteiger partial charge on any atom is -0.394 e. The summed E-state index contributed by atoms with van der Waals surface area (Å²) in [7, 11) is 1.84. The van der Waals surface area contributed by atoms with E-state index in [1.807, 2.05) is 27.1 Å². The molecule has 4 rings (SSSR count). The first kappa shape index (κ1) is 24.9. The number of amides is 1. The molecule has 2 heterocycles. The normalized spacial score (nSPS) is 16.0. The number of rotatable bonds is 6. The summed E-state index contributed by atoms with van der Waals surface area (Å²) in [6.45, 7) is 11.2. The fraction of sp³-hybridized carbons (Fsp3) is 0.400. The molecule has 184 valence electrons. The molecular weight excluding hydrogens is 434 g/mol. The molecule has 2 aromatic carbocycles. The third-order valence-corrected chi connectivity index (χ3v) is 7.26. The SMILES string of the molecule is Cc1ccc(-c2cc(N3CCCC3CO)ncc2N(C)C(=O)C(C)(C)c2cc(C)cc(C)c2)cc1. The molecule has 1 saturated heterocycles. The molecule has 1 aliphatic heterocycles. The van der Waals surface area contributed by atoms with Crippen molar-refractivity contribution < 1.29 is 9.90 Å². The average molecular weight is 472 g/mol. The first-order chi connectivity index (χ1) is 16.6. The zero-order chi connectivity index (χ0) is 25.3. The first-order valence-corrected chi connectivity index (χ1v) is 12.4. The Labute approximate surface area is 209 Å². The van der Waals surface area contributed by atoms with Gasteiger partial charge in [0.1, 0.15) is 5.82 Å². The highest BCUT2D eigenvalue weighted by Gasteiger charge is 2.34. The molecule has 0 saturated carbocycles. The molecular formula is C30H37N3O2. The highest BCUT2D eigenvalue weighted by atomic mass is 16.3. The lowest BCUT2D eigenvalue weighted by Crippen LogP contribution is -2.42. The minimum absolute atomic E-state index is 0.0137. The highest BCUT2D eigenvalue weighted by Crippen LogP contribution is 2.37. The Morgan fingerprint density at radius 2 is 1.71 bits per heavy atom. The Hall–Kier alpha value is -3.18. The van der Waals surface area contributed by atoms with Crippen molar-refractivity contribution in [1.29, 1.82) is 0 Å². The Bertz CT molecular complexity index is 1200. The van der Waals surface area contributed by atoms with Gasteiger partial charge in [-0.15, -0.1) is 0 Å². The predicted molar refractivity (Wildman–Crippen MR) is 144 cm³/mol. The number of likely N-dealkylation sites (N-methyl/N-ethyl adjacent to an activating group) is 1. The summed E-state index contributed by atoms with van der Waals surface area (Å²) in [6.07, 6.45) is 3.81. The van der Waals surface area contributed by atoms with E-state index >= 15 is 0 Å². The van der Waals surface area contributed by atoms with Crippen molar-refractivity contribution in [3.8, 4) is 11.1 Å². The van der Waals surface area contributed by atoms with Crippen LogP contribution in [0.5, 0.6) is 0 Å². The molecule has 1 aromatic heterocycles. The Morgan fingerprint density at radius 3 is 2.34 bits per heavy atom. The second-order valence-electron chi connectivity index (χ2n) is 10.5. The lowest BCUT2D eigenvalue weighted by atomic mass is 9.81. The highest BCUT2D eigenvalue weighted by molar-refractivity contribution is 6.03. The molecule has 1 N–H and O–H groups in total. The van der Waals surface area contributed by atoms with Crippen molar-refractivity contribution in [3.63, 3.8) is 0 Å². The first-order valence-electron chi connectivity index (χ1n) is 12.4. The van der Waals surface area contributed by atoms with Gasteiger partial charge in [-0.3, -0.25) is 4.79 Å². The van der Waals surface area contributed by atoms with Crippen LogP contribution in [0.2, 0.25) is 0 Å². The summed E-state index contributed by atoms with van der Waals surface area (Å²) >= 11 is 0. The van der Waals surface area contributed by atoms with Crippen molar-refractivity contribution >= 4 is 17.4 Å². The zero-order valence-electron chi connectivity index (χ0n) is 21.8. The predicted octanol–water partition coefficient (Wildman–Crippen LogP) is 5.58. The van der Waals surface area contributed by atoms with Crippen molar-refractivity contribution in [3.05, 3.63) is 77.0 Å². The third kappa shape index (κ3) is 4.96. The third-order valence-electron chi connectivity index (χ3n) is 7.26. The zero-order valence-corrected chi connectivity index (χ0v) is 21.8. The molecule has 0 radical (unpaired) electrons. The topological polar surface area (TPSA) is 56.7 Å². The van der Waals surface area contributed by atoms with E-state index in [4.69, 9.17) is 4.98 Å². The Balaban J connectivity index is 1.77. The second-order valence-corrected chi connectivity index (χ2v) is 10.5. The van der Waals surface area contributed by atoms with Crippen LogP contribution >= 0.6 is 0 Å². The van der Waals surface area contributed by atoms with Crippen molar-refractivity contribution in [2.75, 3.05) is 30.0 Å². The molecule has 1 aliphatic rings. The van der Waals surface area contributed by atoms with Crippen LogP contribution in [-0.2, 0) is 10.2 Å². The maximum atomic E-state index is 13.9. The number of aliphatic hydroxyl groups is 1. The lowest BCUT2D eigenvalue weighted by molar-refractivity contribution is -0.122. The summed E-state index contributed by atoms with van der Waals surface area (Å²) < 4.78 is 0. The Kier molecular flexibility index (Phi) is 7.00. The summed E-state index contributed by atoms with van der Waals surface area (Å²) in [5, 5.41) is 9.84. The lowest BCUT2D eigenvalue weighted by Gasteiger charge is -2.32. The number of anilines is 2. The molecule has 0 spiro atoms. The van der Waals surface area contributed by atoms with E-state index < -0.39 is 5.41 Å². The molecule has 35 heavy (non-hydrogen) atoms. The number of aliphatic hydroxyl groups excluding tert-OH is 1. The number of nitrogens with zero attached hydrogens (tertiary/aromatic N) is 3. The van der Waals surface area contributed by atoms with Gasteiger partial charge in [-0.2, -0.15) is 0 Å². The number of benzene rings is 2. The standard InChI is InChI=1S/C30H37N3O2/c1-20-9-11-23(12-10-20)26-17-28(33-13-7-8-25(33)19-34)31-18-27(26)32(6)29(35)30(4,5)24-15-21(2)14-22(3)16-24/h9-12,14-18,25,34H,7-8,13,19H2,1-6H3. The average Bonchev–Trinajstić information content (AvgIpc) is 3.31. The number of hydrogen-bond donors (Lipinski definition) is 1. The quantitative estimate of drug-likeness (QED) is 0.510. The summed E-state index contributed by atoms with van der Waals surface area (Å²) in [4.78, 5) is 22.6. The van der Waals surface area contributed by atoms with E-state index in [2.05, 4.69) is 74.2 Å². The molecule has 5 nitrogen and oxygen atoms in total. The minimum atomic E-state index is -0.703. The second kappa shape index (κ2) is 9.82. The fourth-order valence-corrected chi connectivity index (χ4v) is 5.14. The van der Waals surface area contributed by atoms with Crippen LogP contribution in [0, 0.1) is 20.8 Å². The maximum Gasteiger partial charge on any atom is 0.236 e. The molecule has 0 bridgehead atoms. The van der Waals surface area contributed by atoms with E-state index in [-0.39, 0.29) is 18.6 Å². The van der Waals surface area contributed by atoms with Crippen LogP contribution < -0.4 is 9.80 Å². The molecule has 5 heteroatoms. The number of carbonyl (C=O) groups excluding carboxylic acids is 1. The summed E-state index contributed by atoms with van der Waals surface area (Å²) in [5.74, 6) is 0.857. The molecule has 1 atom stereocenters. The van der Waals surface area contributed by atoms with Gasteiger partial charge in [-0.05, 0) is 64.7 Å². The number of aryl methyl sites for hydroxylation is 3. The van der Waals surface area contributed by atoms with Crippen molar-refractivity contribution in [1.82, 2.24) is 4.98 Å². The van der Waals surface area contributed by atoms with Gasteiger partial charge in [0.2, 0.25) is 5.91 Å². The van der Waals surface area contributed by atoms with E-state index in [0.29, 0.717) is 0 Å². The van der Waals surface area contributed by atoms with Crippen LogP contribution in [0.15, 0.2) is 54.7 Å². The van der Waals surface area contributed by atoms with E-state index in [1.165, 1.54) is 5.56 Å². The van der Waals surface area contributed by atoms with Gasteiger partial charge >= 0.3 is 0 Å². The smallest absolute Gasteiger partial charge is 0.236 e. The molecule has 1 unspecified atom stereocenters. The molecule has 1 amide bonds. The molecule has 3 aromatic rings. The van der Waals surface area contributed by atoms with Gasteiger partial charge in [-0.25, -0.2) is 4.98 Å². The number of aromatic nitrogens is 1. The van der Waals surface area contributed by atoms with Gasteiger partial charge in [-0.1, -0.05) is 59.2 Å². The van der Waals surface area contributed by atoms with Gasteiger partial charge in [0.15, 0.2) is 0 Å². The number of hydrogen-bond acceptors (Lipinski definition) is 4. The monoisotopic (exact) mass is 471 g/mol. The van der Waals surface area contributed by atoms with Gasteiger partial charge < -0.3 is 14.9 Å². The van der Waals surface area contributed by atoms with Gasteiger partial charge in [0.25, 0.3) is 0 Å². The number of pyridine rings is 1. The van der Waals surface area contributed by atoms with Crippen molar-refractivity contribution in [2.24, 2.45) is 0 Å². The van der Waals surface area contributed by atoms with Crippen LogP contribution in [0.3, 0.4) is 0 Å². The summed E-state index contributed by atoms with van der Waals surface area (Å²) in [5.41, 5.74) is 6.58. The van der Waals surface area contributed by atoms with Crippen LogP contribution in [0.25, 0.3) is 11.1 Å². The van der Waals surface area contributed by atoms with Crippen LogP contribution in [0.1, 0.15) is 48.9 Å². The largest absolute Gasteiger partial charge is 0.394 e.